The van der Waals surface area contributed by atoms with Crippen molar-refractivity contribution in [2.75, 3.05) is 13.4 Å². The lowest BCUT2D eigenvalue weighted by molar-refractivity contribution is 0.406. The Labute approximate surface area is 130 Å². The largest absolute Gasteiger partial charge is 0.496 e. The van der Waals surface area contributed by atoms with E-state index in [-0.39, 0.29) is 6.04 Å². The summed E-state index contributed by atoms with van der Waals surface area (Å²) in [4.78, 5) is 5.77. The van der Waals surface area contributed by atoms with Gasteiger partial charge >= 0.3 is 0 Å². The Morgan fingerprint density at radius 3 is 2.48 bits per heavy atom. The predicted octanol–water partition coefficient (Wildman–Crippen LogP) is 3.67. The van der Waals surface area contributed by atoms with Crippen LogP contribution in [0.5, 0.6) is 5.75 Å². The number of methoxy groups -OCH3 is 1. The number of rotatable bonds is 5. The number of thioether (sulfide) groups is 1. The van der Waals surface area contributed by atoms with E-state index in [9.17, 15) is 0 Å². The molecule has 1 heterocycles. The van der Waals surface area contributed by atoms with Crippen LogP contribution in [0.1, 0.15) is 28.4 Å². The second-order valence-corrected chi connectivity index (χ2v) is 6.01. The molecule has 0 saturated heterocycles. The Kier molecular flexibility index (Phi) is 5.26. The minimum atomic E-state index is -0.0560. The van der Waals surface area contributed by atoms with E-state index in [0.717, 1.165) is 28.1 Å². The molecular weight excluding hydrogens is 280 g/mol. The maximum absolute atomic E-state index is 6.33. The first-order valence-corrected chi connectivity index (χ1v) is 8.18. The number of aromatic nitrogens is 1. The van der Waals surface area contributed by atoms with Crippen molar-refractivity contribution in [1.82, 2.24) is 4.98 Å². The first-order chi connectivity index (χ1) is 10.1. The lowest BCUT2D eigenvalue weighted by Gasteiger charge is -2.16. The highest BCUT2D eigenvalue weighted by Gasteiger charge is 2.14. The van der Waals surface area contributed by atoms with E-state index in [1.807, 2.05) is 20.0 Å². The standard InChI is InChI=1S/C17H22N2OS/c1-11-10-19-16(12(2)17(11)20-3)9-15(18)13-5-7-14(21-4)8-6-13/h5-8,10,15H,9,18H2,1-4H3. The molecular formula is C17H22N2OS. The zero-order chi connectivity index (χ0) is 15.4. The van der Waals surface area contributed by atoms with Gasteiger partial charge in [-0.2, -0.15) is 0 Å². The van der Waals surface area contributed by atoms with Gasteiger partial charge in [0.15, 0.2) is 0 Å². The van der Waals surface area contributed by atoms with Crippen LogP contribution in [0.15, 0.2) is 35.4 Å². The van der Waals surface area contributed by atoms with Gasteiger partial charge in [-0.1, -0.05) is 12.1 Å². The third-order valence-corrected chi connectivity index (χ3v) is 4.45. The molecule has 0 aliphatic rings. The summed E-state index contributed by atoms with van der Waals surface area (Å²) in [5.74, 6) is 0.907. The first-order valence-electron chi connectivity index (χ1n) is 6.95. The van der Waals surface area contributed by atoms with Crippen molar-refractivity contribution < 1.29 is 4.74 Å². The molecule has 1 aromatic heterocycles. The molecule has 112 valence electrons. The number of hydrogen-bond donors (Lipinski definition) is 1. The summed E-state index contributed by atoms with van der Waals surface area (Å²) in [6, 6.07) is 8.35. The number of pyridine rings is 1. The average molecular weight is 302 g/mol. The van der Waals surface area contributed by atoms with E-state index in [1.165, 1.54) is 4.90 Å². The Morgan fingerprint density at radius 1 is 1.24 bits per heavy atom. The van der Waals surface area contributed by atoms with Crippen LogP contribution in [0.2, 0.25) is 0 Å². The molecule has 21 heavy (non-hydrogen) atoms. The molecule has 0 radical (unpaired) electrons. The highest BCUT2D eigenvalue weighted by atomic mass is 32.2. The monoisotopic (exact) mass is 302 g/mol. The number of benzene rings is 1. The lowest BCUT2D eigenvalue weighted by atomic mass is 9.99. The number of hydrogen-bond acceptors (Lipinski definition) is 4. The molecule has 4 heteroatoms. The van der Waals surface area contributed by atoms with Gasteiger partial charge in [-0.25, -0.2) is 0 Å². The van der Waals surface area contributed by atoms with Crippen LogP contribution in [0.4, 0.5) is 0 Å². The topological polar surface area (TPSA) is 48.1 Å². The normalized spacial score (nSPS) is 12.2. The maximum Gasteiger partial charge on any atom is 0.128 e. The van der Waals surface area contributed by atoms with Gasteiger partial charge in [0.2, 0.25) is 0 Å². The van der Waals surface area contributed by atoms with Crippen molar-refractivity contribution in [2.24, 2.45) is 5.73 Å². The zero-order valence-corrected chi connectivity index (χ0v) is 13.8. The highest BCUT2D eigenvalue weighted by molar-refractivity contribution is 7.98. The Balaban J connectivity index is 2.20. The number of nitrogens with zero attached hydrogens (tertiary/aromatic N) is 1. The fraction of sp³-hybridized carbons (Fsp3) is 0.353. The summed E-state index contributed by atoms with van der Waals surface area (Å²) in [6.07, 6.45) is 4.63. The summed E-state index contributed by atoms with van der Waals surface area (Å²) in [5.41, 5.74) is 10.6. The minimum Gasteiger partial charge on any atom is -0.496 e. The van der Waals surface area contributed by atoms with E-state index in [0.29, 0.717) is 6.42 Å². The average Bonchev–Trinajstić information content (AvgIpc) is 2.50. The minimum absolute atomic E-state index is 0.0560. The summed E-state index contributed by atoms with van der Waals surface area (Å²) >= 11 is 1.73. The van der Waals surface area contributed by atoms with Crippen LogP contribution in [0.3, 0.4) is 0 Å². The summed E-state index contributed by atoms with van der Waals surface area (Å²) < 4.78 is 5.45. The SMILES string of the molecule is COc1c(C)cnc(CC(N)c2ccc(SC)cc2)c1C. The second kappa shape index (κ2) is 6.96. The van der Waals surface area contributed by atoms with Gasteiger partial charge in [0.05, 0.1) is 7.11 Å². The van der Waals surface area contributed by atoms with Gasteiger partial charge in [0, 0.05) is 40.4 Å². The fourth-order valence-electron chi connectivity index (χ4n) is 2.45. The highest BCUT2D eigenvalue weighted by Crippen LogP contribution is 2.27. The number of nitrogens with two attached hydrogens (primary N) is 1. The van der Waals surface area contributed by atoms with Gasteiger partial charge < -0.3 is 10.5 Å². The quantitative estimate of drug-likeness (QED) is 0.856. The van der Waals surface area contributed by atoms with Gasteiger partial charge in [-0.05, 0) is 37.8 Å². The molecule has 1 aromatic carbocycles. The van der Waals surface area contributed by atoms with E-state index in [2.05, 4.69) is 35.5 Å². The number of ether oxygens (including phenoxy) is 1. The summed E-state index contributed by atoms with van der Waals surface area (Å²) in [6.45, 7) is 4.04. The smallest absolute Gasteiger partial charge is 0.128 e. The van der Waals surface area contributed by atoms with Crippen molar-refractivity contribution in [3.63, 3.8) is 0 Å². The molecule has 0 bridgehead atoms. The molecule has 3 nitrogen and oxygen atoms in total. The third kappa shape index (κ3) is 3.57. The summed E-state index contributed by atoms with van der Waals surface area (Å²) in [5, 5.41) is 0. The van der Waals surface area contributed by atoms with Crippen LogP contribution < -0.4 is 10.5 Å². The Morgan fingerprint density at radius 2 is 1.90 bits per heavy atom. The van der Waals surface area contributed by atoms with Gasteiger partial charge in [0.25, 0.3) is 0 Å². The van der Waals surface area contributed by atoms with Crippen molar-refractivity contribution in [2.45, 2.75) is 31.2 Å². The van der Waals surface area contributed by atoms with Crippen molar-refractivity contribution in [3.8, 4) is 5.75 Å². The molecule has 0 spiro atoms. The molecule has 0 amide bonds. The molecule has 2 rings (SSSR count). The molecule has 1 unspecified atom stereocenters. The van der Waals surface area contributed by atoms with Crippen molar-refractivity contribution in [3.05, 3.63) is 52.8 Å². The fourth-order valence-corrected chi connectivity index (χ4v) is 2.86. The summed E-state index contributed by atoms with van der Waals surface area (Å²) in [7, 11) is 1.69. The molecule has 0 aliphatic carbocycles. The first kappa shape index (κ1) is 15.9. The van der Waals surface area contributed by atoms with Crippen molar-refractivity contribution in [1.29, 1.82) is 0 Å². The van der Waals surface area contributed by atoms with Crippen LogP contribution >= 0.6 is 11.8 Å². The van der Waals surface area contributed by atoms with Crippen LogP contribution in [0.25, 0.3) is 0 Å². The molecule has 2 aromatic rings. The van der Waals surface area contributed by atoms with Crippen molar-refractivity contribution >= 4 is 11.8 Å². The van der Waals surface area contributed by atoms with E-state index < -0.39 is 0 Å². The molecule has 1 atom stereocenters. The van der Waals surface area contributed by atoms with E-state index >= 15 is 0 Å². The lowest BCUT2D eigenvalue weighted by Crippen LogP contribution is -2.15. The van der Waals surface area contributed by atoms with Crippen LogP contribution in [-0.4, -0.2) is 18.3 Å². The van der Waals surface area contributed by atoms with E-state index in [1.54, 1.807) is 18.9 Å². The van der Waals surface area contributed by atoms with Crippen LogP contribution in [0, 0.1) is 13.8 Å². The second-order valence-electron chi connectivity index (χ2n) is 5.13. The molecule has 0 aliphatic heterocycles. The van der Waals surface area contributed by atoms with Gasteiger partial charge in [-0.15, -0.1) is 11.8 Å². The Bertz CT molecular complexity index is 611. The third-order valence-electron chi connectivity index (χ3n) is 3.71. The predicted molar refractivity (Wildman–Crippen MR) is 89.1 cm³/mol. The number of aryl methyl sites for hydroxylation is 1. The van der Waals surface area contributed by atoms with Crippen LogP contribution in [-0.2, 0) is 6.42 Å². The Hall–Kier alpha value is -1.52. The van der Waals surface area contributed by atoms with Gasteiger partial charge in [-0.3, -0.25) is 4.98 Å². The molecule has 0 fully saturated rings. The van der Waals surface area contributed by atoms with E-state index in [4.69, 9.17) is 10.5 Å². The zero-order valence-electron chi connectivity index (χ0n) is 13.0. The molecule has 2 N–H and O–H groups in total. The molecule has 0 saturated carbocycles. The van der Waals surface area contributed by atoms with Gasteiger partial charge in [0.1, 0.15) is 5.75 Å². The maximum atomic E-state index is 6.33.